The van der Waals surface area contributed by atoms with Crippen molar-refractivity contribution in [3.63, 3.8) is 0 Å². The van der Waals surface area contributed by atoms with E-state index in [2.05, 4.69) is 48.1 Å². The SMILES string of the molecule is C[C@@H]1CNCCN1Cc1noc(C(C)(C)C)n1. The number of hydrogen-bond acceptors (Lipinski definition) is 5. The van der Waals surface area contributed by atoms with E-state index >= 15 is 0 Å². The van der Waals surface area contributed by atoms with Crippen molar-refractivity contribution < 1.29 is 4.52 Å². The van der Waals surface area contributed by atoms with Crippen LogP contribution in [-0.2, 0) is 12.0 Å². The Morgan fingerprint density at radius 3 is 2.82 bits per heavy atom. The molecule has 1 atom stereocenters. The third-order valence-corrected chi connectivity index (χ3v) is 3.09. The van der Waals surface area contributed by atoms with Crippen LogP contribution in [0.25, 0.3) is 0 Å². The summed E-state index contributed by atoms with van der Waals surface area (Å²) >= 11 is 0. The van der Waals surface area contributed by atoms with Gasteiger partial charge >= 0.3 is 0 Å². The Kier molecular flexibility index (Phi) is 3.49. The molecule has 2 heterocycles. The minimum atomic E-state index is -0.0691. The number of rotatable bonds is 2. The monoisotopic (exact) mass is 238 g/mol. The number of aromatic nitrogens is 2. The first-order chi connectivity index (χ1) is 7.97. The molecular formula is C12H22N4O. The van der Waals surface area contributed by atoms with E-state index in [1.807, 2.05) is 0 Å². The van der Waals surface area contributed by atoms with Crippen LogP contribution in [0.5, 0.6) is 0 Å². The van der Waals surface area contributed by atoms with Crippen molar-refractivity contribution in [1.29, 1.82) is 0 Å². The van der Waals surface area contributed by atoms with Crippen molar-refractivity contribution >= 4 is 0 Å². The summed E-state index contributed by atoms with van der Waals surface area (Å²) in [6, 6.07) is 0.528. The zero-order valence-electron chi connectivity index (χ0n) is 11.2. The van der Waals surface area contributed by atoms with E-state index in [1.54, 1.807) is 0 Å². The molecule has 0 aliphatic carbocycles. The second-order valence-corrected chi connectivity index (χ2v) is 5.79. The van der Waals surface area contributed by atoms with E-state index < -0.39 is 0 Å². The molecule has 1 N–H and O–H groups in total. The van der Waals surface area contributed by atoms with Crippen LogP contribution in [0.4, 0.5) is 0 Å². The average molecular weight is 238 g/mol. The first-order valence-corrected chi connectivity index (χ1v) is 6.24. The van der Waals surface area contributed by atoms with E-state index in [1.165, 1.54) is 0 Å². The summed E-state index contributed by atoms with van der Waals surface area (Å²) < 4.78 is 5.30. The molecule has 0 saturated carbocycles. The van der Waals surface area contributed by atoms with Crippen LogP contribution in [0.2, 0.25) is 0 Å². The Hall–Kier alpha value is -0.940. The molecule has 0 unspecified atom stereocenters. The van der Waals surface area contributed by atoms with Gasteiger partial charge in [0.2, 0.25) is 5.89 Å². The third kappa shape index (κ3) is 3.04. The third-order valence-electron chi connectivity index (χ3n) is 3.09. The predicted octanol–water partition coefficient (Wildman–Crippen LogP) is 1.16. The predicted molar refractivity (Wildman–Crippen MR) is 65.7 cm³/mol. The molecule has 0 radical (unpaired) electrons. The molecule has 96 valence electrons. The number of piperazine rings is 1. The molecule has 1 fully saturated rings. The van der Waals surface area contributed by atoms with Gasteiger partial charge in [0.25, 0.3) is 0 Å². The summed E-state index contributed by atoms with van der Waals surface area (Å²) in [5, 5.41) is 7.44. The lowest BCUT2D eigenvalue weighted by Gasteiger charge is -2.32. The number of hydrogen-bond donors (Lipinski definition) is 1. The van der Waals surface area contributed by atoms with Crippen LogP contribution in [0, 0.1) is 0 Å². The minimum absolute atomic E-state index is 0.0691. The fraction of sp³-hybridized carbons (Fsp3) is 0.833. The molecule has 5 heteroatoms. The quantitative estimate of drug-likeness (QED) is 0.838. The standard InChI is InChI=1S/C12H22N4O/c1-9-7-13-5-6-16(9)8-10-14-11(17-15-10)12(2,3)4/h9,13H,5-8H2,1-4H3/t9-/m1/s1. The fourth-order valence-corrected chi connectivity index (χ4v) is 1.92. The number of nitrogens with zero attached hydrogens (tertiary/aromatic N) is 3. The van der Waals surface area contributed by atoms with Gasteiger partial charge in [-0.25, -0.2) is 0 Å². The zero-order chi connectivity index (χ0) is 12.5. The lowest BCUT2D eigenvalue weighted by molar-refractivity contribution is 0.160. The largest absolute Gasteiger partial charge is 0.339 e. The molecule has 0 aromatic carbocycles. The molecule has 1 aliphatic heterocycles. The topological polar surface area (TPSA) is 54.2 Å². The van der Waals surface area contributed by atoms with E-state index in [0.29, 0.717) is 6.04 Å². The zero-order valence-corrected chi connectivity index (χ0v) is 11.2. The van der Waals surface area contributed by atoms with Gasteiger partial charge in [0.05, 0.1) is 6.54 Å². The van der Waals surface area contributed by atoms with Gasteiger partial charge in [-0.15, -0.1) is 0 Å². The van der Waals surface area contributed by atoms with Gasteiger partial charge in [-0.3, -0.25) is 4.90 Å². The van der Waals surface area contributed by atoms with Gasteiger partial charge in [0.15, 0.2) is 5.82 Å². The van der Waals surface area contributed by atoms with Gasteiger partial charge in [-0.2, -0.15) is 4.98 Å². The Balaban J connectivity index is 2.01. The second kappa shape index (κ2) is 4.74. The van der Waals surface area contributed by atoms with Crippen molar-refractivity contribution in [3.05, 3.63) is 11.7 Å². The Morgan fingerprint density at radius 2 is 2.24 bits per heavy atom. The molecule has 1 aromatic rings. The highest BCUT2D eigenvalue weighted by Gasteiger charge is 2.24. The first kappa shape index (κ1) is 12.5. The van der Waals surface area contributed by atoms with Crippen molar-refractivity contribution in [1.82, 2.24) is 20.4 Å². The number of nitrogens with one attached hydrogen (secondary N) is 1. The van der Waals surface area contributed by atoms with Crippen LogP contribution in [0.1, 0.15) is 39.4 Å². The summed E-state index contributed by atoms with van der Waals surface area (Å²) in [5.41, 5.74) is -0.0691. The Labute approximate surface area is 103 Å². The van der Waals surface area contributed by atoms with E-state index in [-0.39, 0.29) is 5.41 Å². The van der Waals surface area contributed by atoms with Crippen LogP contribution < -0.4 is 5.32 Å². The maximum absolute atomic E-state index is 5.30. The van der Waals surface area contributed by atoms with Crippen LogP contribution in [0.15, 0.2) is 4.52 Å². The summed E-state index contributed by atoms with van der Waals surface area (Å²) in [5.74, 6) is 1.51. The van der Waals surface area contributed by atoms with Crippen LogP contribution in [0.3, 0.4) is 0 Å². The van der Waals surface area contributed by atoms with Crippen molar-refractivity contribution in [3.8, 4) is 0 Å². The maximum Gasteiger partial charge on any atom is 0.232 e. The van der Waals surface area contributed by atoms with Crippen LogP contribution in [-0.4, -0.2) is 40.7 Å². The highest BCUT2D eigenvalue weighted by molar-refractivity contribution is 4.98. The Bertz CT molecular complexity index is 369. The summed E-state index contributed by atoms with van der Waals surface area (Å²) in [7, 11) is 0. The molecule has 0 amide bonds. The summed E-state index contributed by atoms with van der Waals surface area (Å²) in [6.45, 7) is 12.4. The maximum atomic E-state index is 5.30. The van der Waals surface area contributed by atoms with E-state index in [9.17, 15) is 0 Å². The van der Waals surface area contributed by atoms with Gasteiger partial charge in [-0.1, -0.05) is 25.9 Å². The second-order valence-electron chi connectivity index (χ2n) is 5.79. The first-order valence-electron chi connectivity index (χ1n) is 6.24. The molecule has 0 bridgehead atoms. The summed E-state index contributed by atoms with van der Waals surface area (Å²) in [6.07, 6.45) is 0. The lowest BCUT2D eigenvalue weighted by atomic mass is 9.97. The molecule has 2 rings (SSSR count). The molecule has 0 spiro atoms. The minimum Gasteiger partial charge on any atom is -0.339 e. The molecular weight excluding hydrogens is 216 g/mol. The fourth-order valence-electron chi connectivity index (χ4n) is 1.92. The average Bonchev–Trinajstić information content (AvgIpc) is 2.69. The highest BCUT2D eigenvalue weighted by atomic mass is 16.5. The lowest BCUT2D eigenvalue weighted by Crippen LogP contribution is -2.49. The van der Waals surface area contributed by atoms with Crippen molar-refractivity contribution in [2.75, 3.05) is 19.6 Å². The molecule has 5 nitrogen and oxygen atoms in total. The molecule has 1 aliphatic rings. The van der Waals surface area contributed by atoms with Crippen LogP contribution >= 0.6 is 0 Å². The summed E-state index contributed by atoms with van der Waals surface area (Å²) in [4.78, 5) is 6.85. The van der Waals surface area contributed by atoms with Crippen molar-refractivity contribution in [2.45, 2.75) is 45.7 Å². The molecule has 1 aromatic heterocycles. The normalized spacial score (nSPS) is 22.9. The van der Waals surface area contributed by atoms with Gasteiger partial charge in [0, 0.05) is 31.1 Å². The van der Waals surface area contributed by atoms with E-state index in [4.69, 9.17) is 4.52 Å². The highest BCUT2D eigenvalue weighted by Crippen LogP contribution is 2.20. The van der Waals surface area contributed by atoms with E-state index in [0.717, 1.165) is 37.9 Å². The van der Waals surface area contributed by atoms with Gasteiger partial charge in [-0.05, 0) is 6.92 Å². The van der Waals surface area contributed by atoms with Gasteiger partial charge < -0.3 is 9.84 Å². The Morgan fingerprint density at radius 1 is 1.47 bits per heavy atom. The smallest absolute Gasteiger partial charge is 0.232 e. The van der Waals surface area contributed by atoms with Gasteiger partial charge in [0.1, 0.15) is 0 Å². The molecule has 17 heavy (non-hydrogen) atoms. The van der Waals surface area contributed by atoms with Crippen molar-refractivity contribution in [2.24, 2.45) is 0 Å². The molecule has 1 saturated heterocycles.